The first kappa shape index (κ1) is 17.7. The lowest BCUT2D eigenvalue weighted by molar-refractivity contribution is 0.104. The highest BCUT2D eigenvalue weighted by atomic mass is 16.5. The van der Waals surface area contributed by atoms with Crippen LogP contribution in [-0.4, -0.2) is 22.2 Å². The lowest BCUT2D eigenvalue weighted by Crippen LogP contribution is -2.01. The summed E-state index contributed by atoms with van der Waals surface area (Å²) >= 11 is 0. The molecule has 0 saturated heterocycles. The van der Waals surface area contributed by atoms with E-state index in [9.17, 15) is 4.79 Å². The molecule has 0 radical (unpaired) electrons. The predicted octanol–water partition coefficient (Wildman–Crippen LogP) is 4.78. The lowest BCUT2D eigenvalue weighted by atomic mass is 10.1. The Kier molecular flexibility index (Phi) is 5.32. The highest BCUT2D eigenvalue weighted by Crippen LogP contribution is 2.20. The van der Waals surface area contributed by atoms with Crippen LogP contribution in [0.15, 0.2) is 60.7 Å². The molecule has 0 aliphatic heterocycles. The van der Waals surface area contributed by atoms with Crippen molar-refractivity contribution in [2.24, 2.45) is 0 Å². The van der Waals surface area contributed by atoms with Gasteiger partial charge in [-0.2, -0.15) is 5.10 Å². The van der Waals surface area contributed by atoms with Gasteiger partial charge in [0.05, 0.1) is 29.2 Å². The van der Waals surface area contributed by atoms with Gasteiger partial charge in [-0.3, -0.25) is 4.79 Å². The molecule has 4 nitrogen and oxygen atoms in total. The van der Waals surface area contributed by atoms with E-state index in [1.165, 1.54) is 0 Å². The number of carbonyl (C=O) groups is 1. The van der Waals surface area contributed by atoms with Crippen molar-refractivity contribution in [2.75, 3.05) is 6.61 Å². The summed E-state index contributed by atoms with van der Waals surface area (Å²) in [5.41, 5.74) is 4.08. The van der Waals surface area contributed by atoms with E-state index in [-0.39, 0.29) is 5.78 Å². The molecular formula is C22H22N2O2. The maximum atomic E-state index is 12.7. The Bertz CT molecular complexity index is 940. The number of ether oxygens (including phenoxy) is 1. The molecule has 0 atom stereocenters. The number of ketones is 1. The van der Waals surface area contributed by atoms with E-state index in [4.69, 9.17) is 4.74 Å². The molecular weight excluding hydrogens is 324 g/mol. The van der Waals surface area contributed by atoms with Crippen molar-refractivity contribution >= 4 is 11.9 Å². The zero-order valence-corrected chi connectivity index (χ0v) is 15.3. The minimum atomic E-state index is -0.0519. The maximum Gasteiger partial charge on any atom is 0.189 e. The monoisotopic (exact) mass is 346 g/mol. The molecule has 0 bridgehead atoms. The first-order valence-corrected chi connectivity index (χ1v) is 8.67. The molecule has 26 heavy (non-hydrogen) atoms. The summed E-state index contributed by atoms with van der Waals surface area (Å²) in [6.07, 6.45) is 3.40. The largest absolute Gasteiger partial charge is 0.494 e. The smallest absolute Gasteiger partial charge is 0.189 e. The Balaban J connectivity index is 1.87. The molecule has 3 aromatic rings. The normalized spacial score (nSPS) is 11.0. The highest BCUT2D eigenvalue weighted by molar-refractivity contribution is 6.08. The Morgan fingerprint density at radius 2 is 1.88 bits per heavy atom. The van der Waals surface area contributed by atoms with Crippen LogP contribution in [0.25, 0.3) is 11.8 Å². The van der Waals surface area contributed by atoms with Crippen LogP contribution in [0, 0.1) is 13.8 Å². The van der Waals surface area contributed by atoms with Gasteiger partial charge in [-0.25, -0.2) is 4.68 Å². The quantitative estimate of drug-likeness (QED) is 0.476. The number of hydrogen-bond donors (Lipinski definition) is 0. The van der Waals surface area contributed by atoms with Crippen molar-refractivity contribution in [2.45, 2.75) is 20.8 Å². The van der Waals surface area contributed by atoms with Crippen LogP contribution in [0.3, 0.4) is 0 Å². The Hall–Kier alpha value is -3.14. The molecule has 0 fully saturated rings. The first-order chi connectivity index (χ1) is 12.6. The third-order valence-electron chi connectivity index (χ3n) is 4.13. The minimum Gasteiger partial charge on any atom is -0.494 e. The number of aryl methyl sites for hydroxylation is 1. The third kappa shape index (κ3) is 3.75. The van der Waals surface area contributed by atoms with Crippen molar-refractivity contribution < 1.29 is 9.53 Å². The van der Waals surface area contributed by atoms with Gasteiger partial charge in [-0.05, 0) is 56.7 Å². The second kappa shape index (κ2) is 7.83. The van der Waals surface area contributed by atoms with E-state index in [2.05, 4.69) is 5.10 Å². The summed E-state index contributed by atoms with van der Waals surface area (Å²) in [5.74, 6) is 0.746. The van der Waals surface area contributed by atoms with E-state index >= 15 is 0 Å². The van der Waals surface area contributed by atoms with Crippen LogP contribution in [-0.2, 0) is 0 Å². The zero-order chi connectivity index (χ0) is 18.5. The molecule has 132 valence electrons. The molecule has 2 aromatic carbocycles. The van der Waals surface area contributed by atoms with E-state index in [0.29, 0.717) is 12.2 Å². The van der Waals surface area contributed by atoms with Crippen molar-refractivity contribution in [3.05, 3.63) is 83.2 Å². The summed E-state index contributed by atoms with van der Waals surface area (Å²) in [6, 6.07) is 17.5. The molecule has 0 N–H and O–H groups in total. The summed E-state index contributed by atoms with van der Waals surface area (Å²) in [4.78, 5) is 12.7. The van der Waals surface area contributed by atoms with E-state index in [1.807, 2.05) is 86.1 Å². The molecule has 1 heterocycles. The number of carbonyl (C=O) groups excluding carboxylic acids is 1. The standard InChI is InChI=1S/C22H22N2O2/c1-4-26-20-12-8-9-18(15-20)13-14-21(25)22-16(2)23-24(17(22)3)19-10-6-5-7-11-19/h5-15H,4H2,1-3H3/b14-13-. The summed E-state index contributed by atoms with van der Waals surface area (Å²) in [6.45, 7) is 6.35. The topological polar surface area (TPSA) is 44.1 Å². The minimum absolute atomic E-state index is 0.0519. The van der Waals surface area contributed by atoms with Gasteiger partial charge in [-0.1, -0.05) is 36.4 Å². The Morgan fingerprint density at radius 1 is 1.12 bits per heavy atom. The lowest BCUT2D eigenvalue weighted by Gasteiger charge is -2.04. The average molecular weight is 346 g/mol. The Labute approximate surface area is 153 Å². The molecule has 0 amide bonds. The summed E-state index contributed by atoms with van der Waals surface area (Å²) < 4.78 is 7.31. The highest BCUT2D eigenvalue weighted by Gasteiger charge is 2.17. The van der Waals surface area contributed by atoms with Crippen molar-refractivity contribution in [1.29, 1.82) is 0 Å². The fourth-order valence-electron chi connectivity index (χ4n) is 2.95. The number of rotatable bonds is 6. The van der Waals surface area contributed by atoms with Gasteiger partial charge < -0.3 is 4.74 Å². The predicted molar refractivity (Wildman–Crippen MR) is 104 cm³/mol. The van der Waals surface area contributed by atoms with Gasteiger partial charge in [-0.15, -0.1) is 0 Å². The molecule has 3 rings (SSSR count). The number of allylic oxidation sites excluding steroid dienone is 1. The fourth-order valence-corrected chi connectivity index (χ4v) is 2.95. The molecule has 0 aliphatic carbocycles. The van der Waals surface area contributed by atoms with Crippen molar-refractivity contribution in [3.8, 4) is 11.4 Å². The SMILES string of the molecule is CCOc1cccc(/C=C\C(=O)c2c(C)nn(-c3ccccc3)c2C)c1. The number of aromatic nitrogens is 2. The second-order valence-electron chi connectivity index (χ2n) is 6.00. The number of hydrogen-bond acceptors (Lipinski definition) is 3. The van der Waals surface area contributed by atoms with Crippen LogP contribution in [0.2, 0.25) is 0 Å². The zero-order valence-electron chi connectivity index (χ0n) is 15.3. The van der Waals surface area contributed by atoms with Gasteiger partial charge in [0, 0.05) is 0 Å². The third-order valence-corrected chi connectivity index (χ3v) is 4.13. The van der Waals surface area contributed by atoms with Crippen molar-refractivity contribution in [3.63, 3.8) is 0 Å². The molecule has 0 spiro atoms. The van der Waals surface area contributed by atoms with Gasteiger partial charge >= 0.3 is 0 Å². The van der Waals surface area contributed by atoms with Gasteiger partial charge in [0.1, 0.15) is 5.75 Å². The molecule has 4 heteroatoms. The Morgan fingerprint density at radius 3 is 2.62 bits per heavy atom. The summed E-state index contributed by atoms with van der Waals surface area (Å²) in [5, 5.41) is 4.54. The number of nitrogens with zero attached hydrogens (tertiary/aromatic N) is 2. The first-order valence-electron chi connectivity index (χ1n) is 8.67. The number of para-hydroxylation sites is 1. The molecule has 0 unspecified atom stereocenters. The average Bonchev–Trinajstić information content (AvgIpc) is 2.95. The van der Waals surface area contributed by atoms with Crippen LogP contribution >= 0.6 is 0 Å². The van der Waals surface area contributed by atoms with Gasteiger partial charge in [0.15, 0.2) is 5.78 Å². The van der Waals surface area contributed by atoms with E-state index in [0.717, 1.165) is 28.4 Å². The van der Waals surface area contributed by atoms with Gasteiger partial charge in [0.2, 0.25) is 0 Å². The van der Waals surface area contributed by atoms with Crippen molar-refractivity contribution in [1.82, 2.24) is 9.78 Å². The molecule has 1 aromatic heterocycles. The second-order valence-corrected chi connectivity index (χ2v) is 6.00. The fraction of sp³-hybridized carbons (Fsp3) is 0.182. The molecule has 0 aliphatic rings. The maximum absolute atomic E-state index is 12.7. The van der Waals surface area contributed by atoms with Crippen LogP contribution in [0.1, 0.15) is 34.2 Å². The van der Waals surface area contributed by atoms with Gasteiger partial charge in [0.25, 0.3) is 0 Å². The molecule has 0 saturated carbocycles. The van der Waals surface area contributed by atoms with Crippen LogP contribution in [0.5, 0.6) is 5.75 Å². The van der Waals surface area contributed by atoms with E-state index in [1.54, 1.807) is 6.08 Å². The summed E-state index contributed by atoms with van der Waals surface area (Å²) in [7, 11) is 0. The van der Waals surface area contributed by atoms with Crippen LogP contribution in [0.4, 0.5) is 0 Å². The van der Waals surface area contributed by atoms with Crippen LogP contribution < -0.4 is 4.74 Å². The number of benzene rings is 2. The van der Waals surface area contributed by atoms with E-state index < -0.39 is 0 Å².